The average Bonchev–Trinajstić information content (AvgIpc) is 2.64. The Morgan fingerprint density at radius 3 is 1.78 bits per heavy atom. The first-order chi connectivity index (χ1) is 13.0. The summed E-state index contributed by atoms with van der Waals surface area (Å²) in [6.07, 6.45) is 0. The fourth-order valence-electron chi connectivity index (χ4n) is 3.80. The van der Waals surface area contributed by atoms with Crippen LogP contribution in [0.4, 0.5) is 5.69 Å². The lowest BCUT2D eigenvalue weighted by Crippen LogP contribution is -2.42. The Balaban J connectivity index is 1.83. The van der Waals surface area contributed by atoms with Crippen LogP contribution in [0.1, 0.15) is 47.0 Å². The lowest BCUT2D eigenvalue weighted by molar-refractivity contribution is 0.0837. The van der Waals surface area contributed by atoms with Gasteiger partial charge in [-0.05, 0) is 48.9 Å². The van der Waals surface area contributed by atoms with E-state index in [1.54, 1.807) is 18.2 Å². The number of imide groups is 2. The monoisotopic (exact) mass is 356 g/mol. The molecule has 5 rings (SSSR count). The SMILES string of the molecule is Cc1cccc(N2C(=O)c3ccc4c5c(ccc(c35)C2=O)C(=O)NC4=O)c1. The Labute approximate surface area is 153 Å². The van der Waals surface area contributed by atoms with E-state index in [1.807, 2.05) is 13.0 Å². The number of aryl methyl sites for hydroxylation is 1. The number of amides is 4. The number of hydrogen-bond acceptors (Lipinski definition) is 4. The summed E-state index contributed by atoms with van der Waals surface area (Å²) in [5.74, 6) is -2.00. The maximum atomic E-state index is 13.1. The van der Waals surface area contributed by atoms with E-state index in [2.05, 4.69) is 5.32 Å². The first-order valence-electron chi connectivity index (χ1n) is 8.38. The summed E-state index contributed by atoms with van der Waals surface area (Å²) in [7, 11) is 0. The molecular formula is C21H12N2O4. The maximum absolute atomic E-state index is 13.1. The number of benzene rings is 3. The molecule has 0 radical (unpaired) electrons. The molecular weight excluding hydrogens is 344 g/mol. The molecule has 6 nitrogen and oxygen atoms in total. The van der Waals surface area contributed by atoms with E-state index in [0.29, 0.717) is 27.6 Å². The van der Waals surface area contributed by atoms with E-state index in [0.717, 1.165) is 10.5 Å². The van der Waals surface area contributed by atoms with Crippen LogP contribution in [-0.4, -0.2) is 23.6 Å². The third kappa shape index (κ3) is 1.95. The summed E-state index contributed by atoms with van der Waals surface area (Å²) in [6.45, 7) is 1.88. The average molecular weight is 356 g/mol. The summed E-state index contributed by atoms with van der Waals surface area (Å²) in [5.41, 5.74) is 2.58. The minimum Gasteiger partial charge on any atom is -0.288 e. The van der Waals surface area contributed by atoms with Gasteiger partial charge in [-0.15, -0.1) is 0 Å². The second kappa shape index (κ2) is 5.11. The van der Waals surface area contributed by atoms with Crippen molar-refractivity contribution in [2.45, 2.75) is 6.92 Å². The summed E-state index contributed by atoms with van der Waals surface area (Å²) in [5, 5.41) is 3.01. The van der Waals surface area contributed by atoms with Crippen molar-refractivity contribution in [3.63, 3.8) is 0 Å². The summed E-state index contributed by atoms with van der Waals surface area (Å²) in [4.78, 5) is 51.8. The van der Waals surface area contributed by atoms with Gasteiger partial charge in [0, 0.05) is 33.0 Å². The molecule has 0 spiro atoms. The summed E-state index contributed by atoms with van der Waals surface area (Å²) >= 11 is 0. The highest BCUT2D eigenvalue weighted by molar-refractivity contribution is 6.39. The van der Waals surface area contributed by atoms with Crippen molar-refractivity contribution in [3.05, 3.63) is 76.3 Å². The van der Waals surface area contributed by atoms with Gasteiger partial charge in [0.1, 0.15) is 0 Å². The molecule has 2 heterocycles. The van der Waals surface area contributed by atoms with Gasteiger partial charge in [-0.2, -0.15) is 0 Å². The van der Waals surface area contributed by atoms with Crippen molar-refractivity contribution >= 4 is 40.1 Å². The van der Waals surface area contributed by atoms with E-state index in [1.165, 1.54) is 24.3 Å². The Hall–Kier alpha value is -3.80. The predicted octanol–water partition coefficient (Wildman–Crippen LogP) is 2.83. The predicted molar refractivity (Wildman–Crippen MR) is 98.1 cm³/mol. The highest BCUT2D eigenvalue weighted by Crippen LogP contribution is 2.37. The van der Waals surface area contributed by atoms with Crippen molar-refractivity contribution in [1.82, 2.24) is 5.32 Å². The van der Waals surface area contributed by atoms with Gasteiger partial charge in [0.2, 0.25) is 0 Å². The smallest absolute Gasteiger partial charge is 0.265 e. The van der Waals surface area contributed by atoms with Crippen LogP contribution in [0.2, 0.25) is 0 Å². The van der Waals surface area contributed by atoms with Crippen LogP contribution in [0.5, 0.6) is 0 Å². The van der Waals surface area contributed by atoms with Crippen molar-refractivity contribution < 1.29 is 19.2 Å². The van der Waals surface area contributed by atoms with Gasteiger partial charge in [0.15, 0.2) is 0 Å². The zero-order chi connectivity index (χ0) is 18.9. The molecule has 0 aromatic heterocycles. The molecule has 0 aliphatic carbocycles. The van der Waals surface area contributed by atoms with Crippen LogP contribution in [0.25, 0.3) is 10.8 Å². The fourth-order valence-corrected chi connectivity index (χ4v) is 3.80. The van der Waals surface area contributed by atoms with Crippen LogP contribution in [0.3, 0.4) is 0 Å². The van der Waals surface area contributed by atoms with Crippen molar-refractivity contribution in [1.29, 1.82) is 0 Å². The number of rotatable bonds is 1. The van der Waals surface area contributed by atoms with Gasteiger partial charge >= 0.3 is 0 Å². The number of nitrogens with one attached hydrogen (secondary N) is 1. The lowest BCUT2D eigenvalue weighted by atomic mass is 9.86. The zero-order valence-corrected chi connectivity index (χ0v) is 14.2. The molecule has 0 saturated heterocycles. The molecule has 27 heavy (non-hydrogen) atoms. The van der Waals surface area contributed by atoms with E-state index < -0.39 is 23.6 Å². The highest BCUT2D eigenvalue weighted by Gasteiger charge is 2.37. The third-order valence-electron chi connectivity index (χ3n) is 5.00. The highest BCUT2D eigenvalue weighted by atomic mass is 16.2. The normalized spacial score (nSPS) is 15.4. The molecule has 1 N–H and O–H groups in total. The zero-order valence-electron chi connectivity index (χ0n) is 14.2. The topological polar surface area (TPSA) is 83.6 Å². The van der Waals surface area contributed by atoms with E-state index in [-0.39, 0.29) is 11.1 Å². The number of anilines is 1. The lowest BCUT2D eigenvalue weighted by Gasteiger charge is -2.29. The van der Waals surface area contributed by atoms with Crippen LogP contribution in [0, 0.1) is 6.92 Å². The van der Waals surface area contributed by atoms with Gasteiger partial charge in [-0.1, -0.05) is 12.1 Å². The molecule has 0 atom stereocenters. The second-order valence-electron chi connectivity index (χ2n) is 6.64. The van der Waals surface area contributed by atoms with Gasteiger partial charge in [0.25, 0.3) is 23.6 Å². The van der Waals surface area contributed by atoms with Crippen molar-refractivity contribution in [3.8, 4) is 0 Å². The van der Waals surface area contributed by atoms with Crippen LogP contribution >= 0.6 is 0 Å². The van der Waals surface area contributed by atoms with Gasteiger partial charge in [-0.25, -0.2) is 4.90 Å². The molecule has 2 aliphatic heterocycles. The number of carbonyl (C=O) groups is 4. The van der Waals surface area contributed by atoms with Gasteiger partial charge in [-0.3, -0.25) is 24.5 Å². The Bertz CT molecular complexity index is 1170. The quantitative estimate of drug-likeness (QED) is 0.680. The van der Waals surface area contributed by atoms with E-state index >= 15 is 0 Å². The molecule has 4 amide bonds. The molecule has 3 aromatic rings. The first-order valence-corrected chi connectivity index (χ1v) is 8.38. The van der Waals surface area contributed by atoms with Crippen LogP contribution in [0.15, 0.2) is 48.5 Å². The molecule has 6 heteroatoms. The molecule has 2 aliphatic rings. The molecule has 0 unspecified atom stereocenters. The van der Waals surface area contributed by atoms with Crippen LogP contribution in [-0.2, 0) is 0 Å². The molecule has 3 aromatic carbocycles. The standard InChI is InChI=1S/C21H12N2O4/c1-10-3-2-4-11(9-10)23-20(26)14-7-5-12-16-13(19(25)22-18(12)24)6-8-15(17(14)16)21(23)27/h2-9H,1H3,(H,22,24,25). The van der Waals surface area contributed by atoms with E-state index in [9.17, 15) is 19.2 Å². The maximum Gasteiger partial charge on any atom is 0.265 e. The molecule has 0 saturated carbocycles. The molecule has 130 valence electrons. The number of nitrogens with zero attached hydrogens (tertiary/aromatic N) is 1. The van der Waals surface area contributed by atoms with Crippen LogP contribution < -0.4 is 10.2 Å². The minimum atomic E-state index is -0.530. The number of carbonyl (C=O) groups excluding carboxylic acids is 4. The largest absolute Gasteiger partial charge is 0.288 e. The Morgan fingerprint density at radius 2 is 1.22 bits per heavy atom. The van der Waals surface area contributed by atoms with Crippen molar-refractivity contribution in [2.24, 2.45) is 0 Å². The van der Waals surface area contributed by atoms with E-state index in [4.69, 9.17) is 0 Å². The van der Waals surface area contributed by atoms with Gasteiger partial charge in [0.05, 0.1) is 5.69 Å². The number of hydrogen-bond donors (Lipinski definition) is 1. The van der Waals surface area contributed by atoms with Gasteiger partial charge < -0.3 is 0 Å². The summed E-state index contributed by atoms with van der Waals surface area (Å²) < 4.78 is 0. The summed E-state index contributed by atoms with van der Waals surface area (Å²) in [6, 6.07) is 13.3. The first kappa shape index (κ1) is 15.5. The molecule has 0 bridgehead atoms. The minimum absolute atomic E-state index is 0.287. The van der Waals surface area contributed by atoms with Crippen molar-refractivity contribution in [2.75, 3.05) is 4.90 Å². The Kier molecular flexibility index (Phi) is 2.92. The Morgan fingerprint density at radius 1 is 0.704 bits per heavy atom. The third-order valence-corrected chi connectivity index (χ3v) is 5.00. The fraction of sp³-hybridized carbons (Fsp3) is 0.0476. The second-order valence-corrected chi connectivity index (χ2v) is 6.64. The molecule has 0 fully saturated rings.